The molecule has 0 atom stereocenters. The quantitative estimate of drug-likeness (QED) is 0.889. The molecule has 2 rings (SSSR count). The Kier molecular flexibility index (Phi) is 3.97. The fraction of sp³-hybridized carbons (Fsp3) is 0.500. The number of amides is 1. The first-order chi connectivity index (χ1) is 8.58. The van der Waals surface area contributed by atoms with Gasteiger partial charge in [-0.2, -0.15) is 0 Å². The van der Waals surface area contributed by atoms with E-state index in [0.29, 0.717) is 6.54 Å². The number of halogens is 1. The van der Waals surface area contributed by atoms with E-state index in [4.69, 9.17) is 5.73 Å². The van der Waals surface area contributed by atoms with Gasteiger partial charge >= 0.3 is 0 Å². The Morgan fingerprint density at radius 2 is 2.11 bits per heavy atom. The molecule has 0 bridgehead atoms. The first kappa shape index (κ1) is 13.0. The molecule has 1 saturated heterocycles. The van der Waals surface area contributed by atoms with Gasteiger partial charge in [-0.3, -0.25) is 9.69 Å². The van der Waals surface area contributed by atoms with Crippen LogP contribution in [0.4, 0.5) is 4.39 Å². The Balaban J connectivity index is 2.03. The van der Waals surface area contributed by atoms with Gasteiger partial charge in [0.15, 0.2) is 0 Å². The number of likely N-dealkylation sites (tertiary alicyclic amines) is 1. The second kappa shape index (κ2) is 5.48. The molecular weight excluding hydrogens is 231 g/mol. The molecule has 4 heteroatoms. The summed E-state index contributed by atoms with van der Waals surface area (Å²) in [7, 11) is 0. The highest BCUT2D eigenvalue weighted by atomic mass is 19.1. The van der Waals surface area contributed by atoms with Crippen molar-refractivity contribution in [1.29, 1.82) is 0 Å². The molecule has 1 amide bonds. The standard InChI is InChI=1S/C14H19FN2O/c1-10-3-2-4-12(15)14(10)11-5-7-17(8-6-11)9-13(16)18/h2-4,11H,5-9H2,1H3,(H2,16,18). The molecular formula is C14H19FN2O. The van der Waals surface area contributed by atoms with Crippen molar-refractivity contribution in [2.24, 2.45) is 5.73 Å². The van der Waals surface area contributed by atoms with Crippen molar-refractivity contribution in [2.75, 3.05) is 19.6 Å². The number of hydrogen-bond donors (Lipinski definition) is 1. The van der Waals surface area contributed by atoms with Gasteiger partial charge in [-0.05, 0) is 56.0 Å². The fourth-order valence-corrected chi connectivity index (χ4v) is 2.76. The molecule has 2 N–H and O–H groups in total. The molecule has 0 spiro atoms. The van der Waals surface area contributed by atoms with E-state index in [1.807, 2.05) is 17.9 Å². The predicted molar refractivity (Wildman–Crippen MR) is 68.7 cm³/mol. The van der Waals surface area contributed by atoms with Crippen LogP contribution in [0.2, 0.25) is 0 Å². The number of nitrogens with two attached hydrogens (primary N) is 1. The molecule has 3 nitrogen and oxygen atoms in total. The second-order valence-corrected chi connectivity index (χ2v) is 4.99. The van der Waals surface area contributed by atoms with Crippen LogP contribution in [0.5, 0.6) is 0 Å². The number of hydrogen-bond acceptors (Lipinski definition) is 2. The molecule has 0 unspecified atom stereocenters. The summed E-state index contributed by atoms with van der Waals surface area (Å²) in [4.78, 5) is 12.9. The van der Waals surface area contributed by atoms with Crippen LogP contribution in [0, 0.1) is 12.7 Å². The van der Waals surface area contributed by atoms with Crippen molar-refractivity contribution in [2.45, 2.75) is 25.7 Å². The van der Waals surface area contributed by atoms with Crippen molar-refractivity contribution in [1.82, 2.24) is 4.90 Å². The van der Waals surface area contributed by atoms with Gasteiger partial charge in [0, 0.05) is 0 Å². The zero-order valence-corrected chi connectivity index (χ0v) is 10.7. The Labute approximate surface area is 107 Å². The maximum absolute atomic E-state index is 13.9. The third-order valence-corrected chi connectivity index (χ3v) is 3.65. The van der Waals surface area contributed by atoms with Gasteiger partial charge in [0.25, 0.3) is 0 Å². The largest absolute Gasteiger partial charge is 0.369 e. The highest BCUT2D eigenvalue weighted by molar-refractivity contribution is 5.75. The van der Waals surface area contributed by atoms with Crippen molar-refractivity contribution in [3.8, 4) is 0 Å². The second-order valence-electron chi connectivity index (χ2n) is 4.99. The summed E-state index contributed by atoms with van der Waals surface area (Å²) in [5.41, 5.74) is 7.04. The van der Waals surface area contributed by atoms with Crippen LogP contribution in [0.25, 0.3) is 0 Å². The summed E-state index contributed by atoms with van der Waals surface area (Å²) in [6, 6.07) is 5.22. The number of piperidine rings is 1. The summed E-state index contributed by atoms with van der Waals surface area (Å²) in [6.07, 6.45) is 1.77. The topological polar surface area (TPSA) is 46.3 Å². The Hall–Kier alpha value is -1.42. The van der Waals surface area contributed by atoms with Gasteiger partial charge in [-0.1, -0.05) is 12.1 Å². The first-order valence-electron chi connectivity index (χ1n) is 6.33. The zero-order chi connectivity index (χ0) is 13.1. The molecule has 1 aliphatic heterocycles. The van der Waals surface area contributed by atoms with E-state index >= 15 is 0 Å². The molecule has 0 saturated carbocycles. The van der Waals surface area contributed by atoms with Crippen LogP contribution in [-0.4, -0.2) is 30.4 Å². The average Bonchev–Trinajstić information content (AvgIpc) is 2.30. The Morgan fingerprint density at radius 1 is 1.44 bits per heavy atom. The number of rotatable bonds is 3. The minimum absolute atomic E-state index is 0.108. The SMILES string of the molecule is Cc1cccc(F)c1C1CCN(CC(N)=O)CC1. The van der Waals surface area contributed by atoms with Crippen molar-refractivity contribution >= 4 is 5.91 Å². The molecule has 0 aliphatic carbocycles. The van der Waals surface area contributed by atoms with E-state index in [1.165, 1.54) is 6.07 Å². The third kappa shape index (κ3) is 2.88. The maximum atomic E-state index is 13.9. The van der Waals surface area contributed by atoms with Crippen LogP contribution in [0.15, 0.2) is 18.2 Å². The Morgan fingerprint density at radius 3 is 2.67 bits per heavy atom. The van der Waals surface area contributed by atoms with E-state index < -0.39 is 0 Å². The maximum Gasteiger partial charge on any atom is 0.231 e. The number of carbonyl (C=O) groups excluding carboxylic acids is 1. The van der Waals surface area contributed by atoms with E-state index in [1.54, 1.807) is 6.07 Å². The molecule has 0 aromatic heterocycles. The highest BCUT2D eigenvalue weighted by Crippen LogP contribution is 2.31. The van der Waals surface area contributed by atoms with Crippen LogP contribution >= 0.6 is 0 Å². The molecule has 1 heterocycles. The third-order valence-electron chi connectivity index (χ3n) is 3.65. The van der Waals surface area contributed by atoms with Gasteiger partial charge in [0.2, 0.25) is 5.91 Å². The van der Waals surface area contributed by atoms with E-state index in [-0.39, 0.29) is 17.6 Å². The summed E-state index contributed by atoms with van der Waals surface area (Å²) in [6.45, 7) is 3.87. The molecule has 98 valence electrons. The van der Waals surface area contributed by atoms with Gasteiger partial charge in [-0.25, -0.2) is 4.39 Å². The summed E-state index contributed by atoms with van der Waals surface area (Å²) < 4.78 is 13.9. The lowest BCUT2D eigenvalue weighted by Crippen LogP contribution is -2.39. The lowest BCUT2D eigenvalue weighted by molar-refractivity contribution is -0.119. The minimum Gasteiger partial charge on any atom is -0.369 e. The predicted octanol–water partition coefficient (Wildman–Crippen LogP) is 1.80. The Bertz CT molecular complexity index is 419. The van der Waals surface area contributed by atoms with E-state index in [2.05, 4.69) is 0 Å². The summed E-state index contributed by atoms with van der Waals surface area (Å²) in [5.74, 6) is -0.144. The number of aryl methyl sites for hydroxylation is 1. The summed E-state index contributed by atoms with van der Waals surface area (Å²) >= 11 is 0. The lowest BCUT2D eigenvalue weighted by Gasteiger charge is -2.32. The number of carbonyl (C=O) groups is 1. The molecule has 1 fully saturated rings. The van der Waals surface area contributed by atoms with Crippen LogP contribution in [0.1, 0.15) is 29.9 Å². The van der Waals surface area contributed by atoms with Crippen molar-refractivity contribution in [3.05, 3.63) is 35.1 Å². The average molecular weight is 250 g/mol. The van der Waals surface area contributed by atoms with Gasteiger partial charge in [0.1, 0.15) is 5.82 Å². The molecule has 1 aromatic rings. The van der Waals surface area contributed by atoms with Gasteiger partial charge < -0.3 is 5.73 Å². The lowest BCUT2D eigenvalue weighted by atomic mass is 9.86. The number of benzene rings is 1. The fourth-order valence-electron chi connectivity index (χ4n) is 2.76. The monoisotopic (exact) mass is 250 g/mol. The molecule has 1 aromatic carbocycles. The van der Waals surface area contributed by atoms with Crippen LogP contribution in [0.3, 0.4) is 0 Å². The minimum atomic E-state index is -0.296. The van der Waals surface area contributed by atoms with Crippen LogP contribution in [-0.2, 0) is 4.79 Å². The molecule has 1 aliphatic rings. The molecule has 0 radical (unpaired) electrons. The van der Waals surface area contributed by atoms with E-state index in [9.17, 15) is 9.18 Å². The number of nitrogens with zero attached hydrogens (tertiary/aromatic N) is 1. The summed E-state index contributed by atoms with van der Waals surface area (Å²) in [5, 5.41) is 0. The first-order valence-corrected chi connectivity index (χ1v) is 6.33. The zero-order valence-electron chi connectivity index (χ0n) is 10.7. The normalized spacial score (nSPS) is 17.9. The molecule has 18 heavy (non-hydrogen) atoms. The van der Waals surface area contributed by atoms with Crippen molar-refractivity contribution in [3.63, 3.8) is 0 Å². The van der Waals surface area contributed by atoms with Crippen LogP contribution < -0.4 is 5.73 Å². The van der Waals surface area contributed by atoms with Gasteiger partial charge in [-0.15, -0.1) is 0 Å². The number of primary amides is 1. The van der Waals surface area contributed by atoms with E-state index in [0.717, 1.165) is 37.1 Å². The highest BCUT2D eigenvalue weighted by Gasteiger charge is 2.24. The van der Waals surface area contributed by atoms with Crippen molar-refractivity contribution < 1.29 is 9.18 Å². The smallest absolute Gasteiger partial charge is 0.231 e. The van der Waals surface area contributed by atoms with Gasteiger partial charge in [0.05, 0.1) is 6.54 Å².